The Labute approximate surface area is 174 Å². The first-order valence-electron chi connectivity index (χ1n) is 11.1. The minimum Gasteiger partial charge on any atom is -0.543 e. The van der Waals surface area contributed by atoms with Crippen LogP contribution in [0.1, 0.15) is 77.3 Å². The lowest BCUT2D eigenvalue weighted by atomic mass is 9.55. The van der Waals surface area contributed by atoms with Crippen molar-refractivity contribution in [3.63, 3.8) is 0 Å². The number of hydrogen-bond acceptors (Lipinski definition) is 2. The molecule has 1 fully saturated rings. The van der Waals surface area contributed by atoms with Crippen molar-refractivity contribution in [1.82, 2.24) is 0 Å². The maximum Gasteiger partial charge on any atom is 0.316 e. The van der Waals surface area contributed by atoms with Gasteiger partial charge in [-0.25, -0.2) is 0 Å². The van der Waals surface area contributed by atoms with Crippen molar-refractivity contribution in [2.24, 2.45) is 23.2 Å². The van der Waals surface area contributed by atoms with Crippen molar-refractivity contribution in [2.75, 3.05) is 7.11 Å². The molecule has 0 saturated heterocycles. The average molecular weight is 397 g/mol. The molecule has 28 heavy (non-hydrogen) atoms. The molecule has 0 amide bonds. The number of fused-ring (bicyclic) bond motifs is 5. The van der Waals surface area contributed by atoms with Gasteiger partial charge in [0.1, 0.15) is 5.75 Å². The molecule has 152 valence electrons. The number of rotatable bonds is 5. The van der Waals surface area contributed by atoms with E-state index in [1.54, 1.807) is 12.7 Å². The van der Waals surface area contributed by atoms with Crippen LogP contribution >= 0.6 is 0 Å². The van der Waals surface area contributed by atoms with Crippen LogP contribution in [0, 0.1) is 23.2 Å². The van der Waals surface area contributed by atoms with Gasteiger partial charge < -0.3 is 9.16 Å². The van der Waals surface area contributed by atoms with Crippen LogP contribution in [0.3, 0.4) is 0 Å². The van der Waals surface area contributed by atoms with Gasteiger partial charge in [-0.3, -0.25) is 0 Å². The topological polar surface area (TPSA) is 18.5 Å². The number of allylic oxidation sites excluding steroid dienone is 2. The smallest absolute Gasteiger partial charge is 0.316 e. The van der Waals surface area contributed by atoms with Crippen LogP contribution in [-0.4, -0.2) is 16.9 Å². The largest absolute Gasteiger partial charge is 0.543 e. The fourth-order valence-corrected chi connectivity index (χ4v) is 6.60. The van der Waals surface area contributed by atoms with E-state index in [-0.39, 0.29) is 10.5 Å². The Morgan fingerprint density at radius 1 is 1.21 bits per heavy atom. The van der Waals surface area contributed by atoms with Crippen molar-refractivity contribution < 1.29 is 9.16 Å². The van der Waals surface area contributed by atoms with E-state index in [2.05, 4.69) is 58.9 Å². The Hall–Kier alpha value is -1.22. The zero-order valence-corrected chi connectivity index (χ0v) is 19.5. The van der Waals surface area contributed by atoms with Gasteiger partial charge in [0.15, 0.2) is 0 Å². The number of ether oxygens (including phenoxy) is 1. The van der Waals surface area contributed by atoms with Crippen molar-refractivity contribution >= 4 is 9.76 Å². The summed E-state index contributed by atoms with van der Waals surface area (Å²) in [5.41, 5.74) is 3.36. The van der Waals surface area contributed by atoms with Gasteiger partial charge >= 0.3 is 9.76 Å². The van der Waals surface area contributed by atoms with Gasteiger partial charge in [0.05, 0.1) is 12.9 Å². The summed E-state index contributed by atoms with van der Waals surface area (Å²) < 4.78 is 12.0. The van der Waals surface area contributed by atoms with Crippen LogP contribution in [0.5, 0.6) is 5.75 Å². The molecule has 3 aliphatic rings. The first kappa shape index (κ1) is 20.1. The summed E-state index contributed by atoms with van der Waals surface area (Å²) in [7, 11) is 2.32. The summed E-state index contributed by atoms with van der Waals surface area (Å²) in [5, 5.41) is 0.245. The van der Waals surface area contributed by atoms with Crippen molar-refractivity contribution in [1.29, 1.82) is 0 Å². The summed E-state index contributed by atoms with van der Waals surface area (Å²) in [4.78, 5) is 0. The monoisotopic (exact) mass is 396 g/mol. The lowest BCUT2D eigenvalue weighted by Crippen LogP contribution is -2.42. The number of aryl methyl sites for hydroxylation is 1. The van der Waals surface area contributed by atoms with Gasteiger partial charge in [-0.05, 0) is 90.1 Å². The minimum absolute atomic E-state index is 0.241. The predicted octanol–water partition coefficient (Wildman–Crippen LogP) is 6.54. The molecule has 0 aromatic heterocycles. The third kappa shape index (κ3) is 3.24. The van der Waals surface area contributed by atoms with Gasteiger partial charge in [-0.1, -0.05) is 40.7 Å². The molecule has 3 heteroatoms. The molecule has 1 aromatic carbocycles. The normalized spacial score (nSPS) is 31.7. The van der Waals surface area contributed by atoms with E-state index in [0.29, 0.717) is 15.7 Å². The van der Waals surface area contributed by atoms with Crippen molar-refractivity contribution in [2.45, 2.75) is 77.7 Å². The second-order valence-corrected chi connectivity index (χ2v) is 12.0. The van der Waals surface area contributed by atoms with Crippen LogP contribution in [0.4, 0.5) is 0 Å². The number of benzene rings is 1. The van der Waals surface area contributed by atoms with E-state index in [0.717, 1.165) is 23.5 Å². The Morgan fingerprint density at radius 2 is 2.00 bits per heavy atom. The fraction of sp³-hybridized carbons (Fsp3) is 0.680. The SMILES string of the molecule is COc1ccc2c(c1)CC[C@@H]1[C@@H]2CC[C@]2(C)C(O[Si]C(C)(C)C(C)C)=CC[C@@H]12. The van der Waals surface area contributed by atoms with Gasteiger partial charge in [0, 0.05) is 5.41 Å². The second kappa shape index (κ2) is 7.23. The van der Waals surface area contributed by atoms with E-state index in [4.69, 9.17) is 9.16 Å². The van der Waals surface area contributed by atoms with Crippen molar-refractivity contribution in [3.05, 3.63) is 41.2 Å². The maximum absolute atomic E-state index is 6.55. The quantitative estimate of drug-likeness (QED) is 0.526. The average Bonchev–Trinajstić information content (AvgIpc) is 3.02. The lowest BCUT2D eigenvalue weighted by molar-refractivity contribution is 0.0514. The van der Waals surface area contributed by atoms with E-state index in [9.17, 15) is 0 Å². The Bertz CT molecular complexity index is 766. The Morgan fingerprint density at radius 3 is 2.71 bits per heavy atom. The van der Waals surface area contributed by atoms with Gasteiger partial charge in [-0.2, -0.15) is 0 Å². The zero-order valence-electron chi connectivity index (χ0n) is 18.5. The van der Waals surface area contributed by atoms with Crippen LogP contribution in [0.25, 0.3) is 0 Å². The number of hydrogen-bond donors (Lipinski definition) is 0. The fourth-order valence-electron chi connectivity index (χ4n) is 5.68. The molecular weight excluding hydrogens is 360 g/mol. The molecule has 2 nitrogen and oxygen atoms in total. The molecule has 1 aromatic rings. The first-order valence-corrected chi connectivity index (χ1v) is 12.0. The highest BCUT2D eigenvalue weighted by Crippen LogP contribution is 2.61. The van der Waals surface area contributed by atoms with Gasteiger partial charge in [-0.15, -0.1) is 0 Å². The molecule has 0 N–H and O–H groups in total. The molecule has 0 unspecified atom stereocenters. The van der Waals surface area contributed by atoms with Gasteiger partial charge in [0.2, 0.25) is 0 Å². The van der Waals surface area contributed by atoms with E-state index >= 15 is 0 Å². The molecule has 2 radical (unpaired) electrons. The van der Waals surface area contributed by atoms with Crippen LogP contribution in [0.2, 0.25) is 5.04 Å². The molecule has 4 atom stereocenters. The standard InChI is InChI=1S/C25H36O2Si/c1-16(2)24(3,4)28-27-23-12-11-22-21-9-7-17-15-18(26-6)8-10-19(17)20(21)13-14-25(22,23)5/h8,10,12,15-16,20-22H,7,9,11,13-14H2,1-6H3/t20-,21-,22+,25+/m1/s1. The summed E-state index contributed by atoms with van der Waals surface area (Å²) in [6.45, 7) is 11.8. The lowest BCUT2D eigenvalue weighted by Gasteiger charge is -2.50. The van der Waals surface area contributed by atoms with Crippen LogP contribution < -0.4 is 4.74 Å². The molecule has 4 rings (SSSR count). The predicted molar refractivity (Wildman–Crippen MR) is 117 cm³/mol. The molecule has 0 aliphatic heterocycles. The van der Waals surface area contributed by atoms with Crippen LogP contribution in [0.15, 0.2) is 30.0 Å². The maximum atomic E-state index is 6.55. The highest BCUT2D eigenvalue weighted by atomic mass is 28.2. The molecule has 0 bridgehead atoms. The molecule has 0 spiro atoms. The summed E-state index contributed by atoms with van der Waals surface area (Å²) in [5.74, 6) is 5.20. The van der Waals surface area contributed by atoms with Gasteiger partial charge in [0.25, 0.3) is 0 Å². The summed E-state index contributed by atoms with van der Waals surface area (Å²) in [6.07, 6.45) is 8.69. The Balaban J connectivity index is 1.51. The van der Waals surface area contributed by atoms with Crippen molar-refractivity contribution in [3.8, 4) is 5.75 Å². The molecule has 0 heterocycles. The third-order valence-corrected chi connectivity index (χ3v) is 9.74. The summed E-state index contributed by atoms with van der Waals surface area (Å²) >= 11 is 0. The van der Waals surface area contributed by atoms with E-state index in [1.165, 1.54) is 43.4 Å². The molecular formula is C25H36O2Si. The van der Waals surface area contributed by atoms with E-state index in [1.807, 2.05) is 0 Å². The zero-order chi connectivity index (χ0) is 20.1. The van der Waals surface area contributed by atoms with Crippen LogP contribution in [-0.2, 0) is 10.8 Å². The highest BCUT2D eigenvalue weighted by molar-refractivity contribution is 6.32. The van der Waals surface area contributed by atoms with E-state index < -0.39 is 0 Å². The summed E-state index contributed by atoms with van der Waals surface area (Å²) in [6, 6.07) is 6.78. The first-order chi connectivity index (χ1) is 13.3. The second-order valence-electron chi connectivity index (χ2n) is 10.3. The Kier molecular flexibility index (Phi) is 5.18. The minimum atomic E-state index is 0.241. The highest BCUT2D eigenvalue weighted by Gasteiger charge is 2.52. The third-order valence-electron chi connectivity index (χ3n) is 8.31. The molecule has 1 saturated carbocycles. The molecule has 3 aliphatic carbocycles. The number of methoxy groups -OCH3 is 1.